The summed E-state index contributed by atoms with van der Waals surface area (Å²) in [6, 6.07) is 2.12. The summed E-state index contributed by atoms with van der Waals surface area (Å²) < 4.78 is 8.16. The van der Waals surface area contributed by atoms with E-state index in [9.17, 15) is 5.11 Å². The van der Waals surface area contributed by atoms with Gasteiger partial charge in [-0.2, -0.15) is 5.10 Å². The van der Waals surface area contributed by atoms with Crippen LogP contribution in [0.3, 0.4) is 0 Å². The number of rotatable bonds is 7. The van der Waals surface area contributed by atoms with E-state index in [2.05, 4.69) is 23.0 Å². The van der Waals surface area contributed by atoms with Gasteiger partial charge in [-0.3, -0.25) is 4.68 Å². The Morgan fingerprint density at radius 3 is 2.92 bits per heavy atom. The first-order chi connectivity index (χ1) is 11.8. The van der Waals surface area contributed by atoms with Gasteiger partial charge in [0.05, 0.1) is 25.9 Å². The van der Waals surface area contributed by atoms with Gasteiger partial charge in [0.2, 0.25) is 0 Å². The summed E-state index contributed by atoms with van der Waals surface area (Å²) >= 11 is 0. The van der Waals surface area contributed by atoms with Crippen LogP contribution in [-0.4, -0.2) is 58.7 Å². The highest BCUT2D eigenvalue weighted by atomic mass is 16.5. The van der Waals surface area contributed by atoms with Crippen LogP contribution in [0.4, 0.5) is 0 Å². The summed E-state index contributed by atoms with van der Waals surface area (Å²) in [5.41, 5.74) is 1.27. The number of aliphatic hydroxyl groups excluding tert-OH is 1. The van der Waals surface area contributed by atoms with Crippen LogP contribution < -0.4 is 0 Å². The van der Waals surface area contributed by atoms with E-state index in [1.165, 1.54) is 50.8 Å². The number of hydrogen-bond donors (Lipinski definition) is 1. The second-order valence-corrected chi connectivity index (χ2v) is 7.51. The van der Waals surface area contributed by atoms with Crippen molar-refractivity contribution in [2.45, 2.75) is 64.0 Å². The van der Waals surface area contributed by atoms with Gasteiger partial charge in [-0.1, -0.05) is 19.8 Å². The number of nitrogens with zero attached hydrogens (tertiary/aromatic N) is 3. The molecule has 0 amide bonds. The van der Waals surface area contributed by atoms with Gasteiger partial charge in [0, 0.05) is 30.9 Å². The summed E-state index contributed by atoms with van der Waals surface area (Å²) in [4.78, 5) is 2.54. The largest absolute Gasteiger partial charge is 0.394 e. The van der Waals surface area contributed by atoms with Crippen LogP contribution in [0.1, 0.15) is 57.1 Å². The minimum absolute atomic E-state index is 0.151. The van der Waals surface area contributed by atoms with Crippen LogP contribution in [0.15, 0.2) is 12.3 Å². The third-order valence-electron chi connectivity index (χ3n) is 5.76. The van der Waals surface area contributed by atoms with Crippen molar-refractivity contribution in [3.63, 3.8) is 0 Å². The molecule has 2 heterocycles. The van der Waals surface area contributed by atoms with Crippen LogP contribution in [0, 0.1) is 5.92 Å². The molecule has 0 unspecified atom stereocenters. The Kier molecular flexibility index (Phi) is 6.69. The molecule has 24 heavy (non-hydrogen) atoms. The van der Waals surface area contributed by atoms with E-state index in [0.717, 1.165) is 25.6 Å². The van der Waals surface area contributed by atoms with Gasteiger partial charge in [-0.15, -0.1) is 0 Å². The lowest BCUT2D eigenvalue weighted by Crippen LogP contribution is -2.38. The quantitative estimate of drug-likeness (QED) is 0.832. The third-order valence-corrected chi connectivity index (χ3v) is 5.76. The molecule has 5 heteroatoms. The molecule has 5 nitrogen and oxygen atoms in total. The lowest BCUT2D eigenvalue weighted by molar-refractivity contribution is -0.0160. The summed E-state index contributed by atoms with van der Waals surface area (Å²) in [6.45, 7) is 7.24. The van der Waals surface area contributed by atoms with Crippen molar-refractivity contribution >= 4 is 0 Å². The summed E-state index contributed by atoms with van der Waals surface area (Å²) in [5, 5.41) is 13.5. The van der Waals surface area contributed by atoms with Gasteiger partial charge < -0.3 is 14.7 Å². The summed E-state index contributed by atoms with van der Waals surface area (Å²) in [6.07, 6.45) is 10.0. The van der Waals surface area contributed by atoms with E-state index >= 15 is 0 Å². The maximum atomic E-state index is 9.19. The van der Waals surface area contributed by atoms with Crippen molar-refractivity contribution in [3.8, 4) is 0 Å². The Hall–Kier alpha value is -0.910. The van der Waals surface area contributed by atoms with Crippen molar-refractivity contribution in [1.82, 2.24) is 14.7 Å². The summed E-state index contributed by atoms with van der Waals surface area (Å²) in [5.74, 6) is 1.25. The predicted octanol–water partition coefficient (Wildman–Crippen LogP) is 2.65. The SMILES string of the molecule is C[C@@H]1CCCC[C@H]1OCCN1CCC[C@@H](c2ccnn2CCO)C1. The lowest BCUT2D eigenvalue weighted by atomic mass is 9.88. The Balaban J connectivity index is 1.46. The van der Waals surface area contributed by atoms with Crippen molar-refractivity contribution in [2.24, 2.45) is 5.92 Å². The number of ether oxygens (including phenoxy) is 1. The van der Waals surface area contributed by atoms with E-state index in [1.807, 2.05) is 10.9 Å². The van der Waals surface area contributed by atoms with Crippen molar-refractivity contribution in [2.75, 3.05) is 32.8 Å². The van der Waals surface area contributed by atoms with Crippen LogP contribution >= 0.6 is 0 Å². The Morgan fingerprint density at radius 2 is 2.08 bits per heavy atom. The first-order valence-electron chi connectivity index (χ1n) is 9.74. The van der Waals surface area contributed by atoms with Crippen LogP contribution in [0.25, 0.3) is 0 Å². The molecule has 2 aliphatic rings. The fraction of sp³-hybridized carbons (Fsp3) is 0.842. The molecule has 1 saturated carbocycles. The molecule has 1 aliphatic heterocycles. The Morgan fingerprint density at radius 1 is 1.21 bits per heavy atom. The van der Waals surface area contributed by atoms with Crippen LogP contribution in [0.2, 0.25) is 0 Å². The van der Waals surface area contributed by atoms with Crippen molar-refractivity contribution in [1.29, 1.82) is 0 Å². The Bertz CT molecular complexity index is 491. The smallest absolute Gasteiger partial charge is 0.0644 e. The molecule has 1 saturated heterocycles. The highest BCUT2D eigenvalue weighted by Gasteiger charge is 2.25. The second-order valence-electron chi connectivity index (χ2n) is 7.51. The predicted molar refractivity (Wildman–Crippen MR) is 95.1 cm³/mol. The topological polar surface area (TPSA) is 50.5 Å². The normalized spacial score (nSPS) is 29.0. The first-order valence-corrected chi connectivity index (χ1v) is 9.74. The number of likely N-dealkylation sites (tertiary alicyclic amines) is 1. The lowest BCUT2D eigenvalue weighted by Gasteiger charge is -2.34. The maximum absolute atomic E-state index is 9.19. The second kappa shape index (κ2) is 8.97. The van der Waals surface area contributed by atoms with Gasteiger partial charge >= 0.3 is 0 Å². The van der Waals surface area contributed by atoms with Gasteiger partial charge in [0.15, 0.2) is 0 Å². The summed E-state index contributed by atoms with van der Waals surface area (Å²) in [7, 11) is 0. The van der Waals surface area contributed by atoms with Crippen molar-refractivity contribution < 1.29 is 9.84 Å². The van der Waals surface area contributed by atoms with E-state index in [-0.39, 0.29) is 6.61 Å². The fourth-order valence-electron chi connectivity index (χ4n) is 4.33. The zero-order chi connectivity index (χ0) is 16.8. The molecule has 0 bridgehead atoms. The van der Waals surface area contributed by atoms with E-state index in [0.29, 0.717) is 18.6 Å². The average molecular weight is 335 g/mol. The zero-order valence-corrected chi connectivity index (χ0v) is 15.1. The van der Waals surface area contributed by atoms with Gasteiger partial charge in [0.25, 0.3) is 0 Å². The standard InChI is InChI=1S/C19H33N3O2/c1-16-5-2-3-7-19(16)24-14-12-21-10-4-6-17(15-21)18-8-9-20-22(18)11-13-23/h8-9,16-17,19,23H,2-7,10-15H2,1H3/t16-,17-,19-/m1/s1. The molecule has 0 radical (unpaired) electrons. The molecule has 0 aromatic carbocycles. The van der Waals surface area contributed by atoms with E-state index in [4.69, 9.17) is 4.74 Å². The molecule has 1 aromatic heterocycles. The minimum atomic E-state index is 0.151. The fourth-order valence-corrected chi connectivity index (χ4v) is 4.33. The molecule has 2 fully saturated rings. The number of piperidine rings is 1. The molecule has 1 N–H and O–H groups in total. The van der Waals surface area contributed by atoms with Gasteiger partial charge in [0.1, 0.15) is 0 Å². The van der Waals surface area contributed by atoms with Crippen LogP contribution in [-0.2, 0) is 11.3 Å². The monoisotopic (exact) mass is 335 g/mol. The van der Waals surface area contributed by atoms with Crippen molar-refractivity contribution in [3.05, 3.63) is 18.0 Å². The highest BCUT2D eigenvalue weighted by molar-refractivity contribution is 5.10. The van der Waals surface area contributed by atoms with E-state index < -0.39 is 0 Å². The van der Waals surface area contributed by atoms with E-state index in [1.54, 1.807) is 0 Å². The minimum Gasteiger partial charge on any atom is -0.394 e. The van der Waals surface area contributed by atoms with Gasteiger partial charge in [-0.05, 0) is 44.2 Å². The number of aromatic nitrogens is 2. The Labute approximate surface area is 146 Å². The maximum Gasteiger partial charge on any atom is 0.0644 e. The molecule has 3 atom stereocenters. The number of hydrogen-bond acceptors (Lipinski definition) is 4. The average Bonchev–Trinajstić information content (AvgIpc) is 3.06. The first kappa shape index (κ1) is 17.9. The molecule has 0 spiro atoms. The third kappa shape index (κ3) is 4.58. The molecular weight excluding hydrogens is 302 g/mol. The molecular formula is C19H33N3O2. The highest BCUT2D eigenvalue weighted by Crippen LogP contribution is 2.28. The number of aliphatic hydroxyl groups is 1. The molecule has 3 rings (SSSR count). The molecule has 1 aliphatic carbocycles. The molecule has 1 aromatic rings. The zero-order valence-electron chi connectivity index (χ0n) is 15.1. The van der Waals surface area contributed by atoms with Crippen LogP contribution in [0.5, 0.6) is 0 Å². The van der Waals surface area contributed by atoms with Gasteiger partial charge in [-0.25, -0.2) is 0 Å². The molecule has 136 valence electrons.